The van der Waals surface area contributed by atoms with E-state index in [9.17, 15) is 0 Å². The van der Waals surface area contributed by atoms with E-state index in [2.05, 4.69) is 33.9 Å². The van der Waals surface area contributed by atoms with Crippen molar-refractivity contribution in [3.05, 3.63) is 0 Å². The first kappa shape index (κ1) is 5.31. The maximum atomic E-state index is 3.51. The fourth-order valence-electron chi connectivity index (χ4n) is 0. The second-order valence-electron chi connectivity index (χ2n) is 0.449. The van der Waals surface area contributed by atoms with Gasteiger partial charge < -0.3 is 4.42 Å². The largest absolute Gasteiger partial charge is 0.332 e. The monoisotopic (exact) mass is 113 g/mol. The van der Waals surface area contributed by atoms with Crippen LogP contribution in [0.2, 0.25) is 0 Å². The first-order chi connectivity index (χ1) is 2.27. The number of hydrogen-bond acceptors (Lipinski definition) is 0. The summed E-state index contributed by atoms with van der Waals surface area (Å²) in [5, 5.41) is 0. The quantitative estimate of drug-likeness (QED) is 0.171. The molecule has 0 aliphatic heterocycles. The van der Waals surface area contributed by atoms with Crippen LogP contribution in [0.1, 0.15) is 0 Å². The summed E-state index contributed by atoms with van der Waals surface area (Å²) >= 11 is 0. The standard InChI is InChI=1S/CNPSi2/c3-2-1(4)5. The lowest BCUT2D eigenvalue weighted by molar-refractivity contribution is 1.85. The molecule has 0 heterocycles. The highest BCUT2D eigenvalue weighted by molar-refractivity contribution is 7.05. The van der Waals surface area contributed by atoms with Gasteiger partial charge in [-0.25, -0.2) is 0 Å². The molecule has 0 unspecified atom stereocenters. The highest BCUT2D eigenvalue weighted by atomic mass is 31.0. The van der Waals surface area contributed by atoms with Crippen LogP contribution < -0.4 is 4.42 Å². The third kappa shape index (κ3) is 4.31. The molecule has 0 aromatic carbocycles. The van der Waals surface area contributed by atoms with Gasteiger partial charge in [-0.2, -0.15) is 9.03 Å². The summed E-state index contributed by atoms with van der Waals surface area (Å²) in [5.41, 5.74) is 0. The van der Waals surface area contributed by atoms with Gasteiger partial charge in [0.1, 0.15) is 0 Å². The first-order valence-electron chi connectivity index (χ1n) is 0.924. The summed E-state index contributed by atoms with van der Waals surface area (Å²) in [6.45, 7) is 0. The van der Waals surface area contributed by atoms with Crippen molar-refractivity contribution in [1.29, 1.82) is 0 Å². The molecule has 0 bridgehead atoms. The van der Waals surface area contributed by atoms with Gasteiger partial charge >= 0.3 is 0 Å². The summed E-state index contributed by atoms with van der Waals surface area (Å²) in [6.07, 6.45) is 0. The molecular formula is CNPSi2. The van der Waals surface area contributed by atoms with Crippen LogP contribution in [-0.2, 0) is 0 Å². The summed E-state index contributed by atoms with van der Waals surface area (Å²) < 4.78 is 3.33. The smallest absolute Gasteiger partial charge is 0.175 e. The fourth-order valence-corrected chi connectivity index (χ4v) is 0. The van der Waals surface area contributed by atoms with Gasteiger partial charge in [-0.1, -0.05) is 0 Å². The summed E-state index contributed by atoms with van der Waals surface area (Å²) in [4.78, 5) is 0.605. The topological polar surface area (TPSA) is 14.1 Å². The van der Waals surface area contributed by atoms with Crippen molar-refractivity contribution in [3.8, 4) is 0 Å². The van der Waals surface area contributed by atoms with E-state index in [4.69, 9.17) is 0 Å². The van der Waals surface area contributed by atoms with Crippen molar-refractivity contribution >= 4 is 34.5 Å². The predicted octanol–water partition coefficient (Wildman–Crippen LogP) is -0.659. The predicted molar refractivity (Wildman–Crippen MR) is 25.6 cm³/mol. The van der Waals surface area contributed by atoms with E-state index in [1.54, 1.807) is 0 Å². The van der Waals surface area contributed by atoms with Gasteiger partial charge in [0.05, 0.1) is 0 Å². The maximum Gasteiger partial charge on any atom is 0.175 e. The van der Waals surface area contributed by atoms with E-state index in [-0.39, 0.29) is 0 Å². The molecule has 0 aliphatic carbocycles. The zero-order valence-electron chi connectivity index (χ0n) is 2.39. The molecule has 0 fully saturated rings. The molecular weight excluding hydrogens is 113 g/mol. The molecule has 0 aromatic rings. The summed E-state index contributed by atoms with van der Waals surface area (Å²) in [7, 11) is 9.51. The molecule has 0 spiro atoms. The van der Waals surface area contributed by atoms with Crippen molar-refractivity contribution in [2.75, 3.05) is 0 Å². The normalized spacial score (nSPS) is 6.00. The van der Waals surface area contributed by atoms with E-state index >= 15 is 0 Å². The molecule has 4 heteroatoms. The zero-order chi connectivity index (χ0) is 4.28. The third-order valence-electron chi connectivity index (χ3n) is 0.100. The molecule has 0 N–H and O–H groups in total. The Hall–Kier alpha value is 0.314. The third-order valence-corrected chi connectivity index (χ3v) is 0.900. The van der Waals surface area contributed by atoms with Gasteiger partial charge in [-0.3, -0.25) is 0 Å². The van der Waals surface area contributed by atoms with Gasteiger partial charge in [0, 0.05) is 0 Å². The lowest BCUT2D eigenvalue weighted by atomic mass is 11.7. The molecule has 0 atom stereocenters. The maximum absolute atomic E-state index is 3.51. The minimum absolute atomic E-state index is 0.605. The lowest BCUT2D eigenvalue weighted by Crippen LogP contribution is -1.94. The molecule has 0 aromatic heterocycles. The van der Waals surface area contributed by atoms with Crippen molar-refractivity contribution in [2.24, 2.45) is 0 Å². The molecule has 0 rings (SSSR count). The Morgan fingerprint density at radius 1 is 1.60 bits per heavy atom. The van der Waals surface area contributed by atoms with E-state index in [1.165, 1.54) is 0 Å². The van der Waals surface area contributed by atoms with E-state index in [0.717, 1.165) is 0 Å². The Labute approximate surface area is 39.7 Å². The zero-order valence-corrected chi connectivity index (χ0v) is 5.29. The average molecular weight is 113 g/mol. The summed E-state index contributed by atoms with van der Waals surface area (Å²) in [5.74, 6) is 0. The summed E-state index contributed by atoms with van der Waals surface area (Å²) in [6, 6.07) is 0. The van der Waals surface area contributed by atoms with Crippen LogP contribution in [0.4, 0.5) is 0 Å². The van der Waals surface area contributed by atoms with Crippen LogP contribution >= 0.6 is 9.03 Å². The molecule has 0 amide bonds. The Morgan fingerprint density at radius 3 is 1.80 bits per heavy atom. The van der Waals surface area contributed by atoms with Crippen LogP contribution in [0.5, 0.6) is 0 Å². The van der Waals surface area contributed by atoms with Crippen LogP contribution in [0.15, 0.2) is 0 Å². The number of rotatable bonds is 0. The highest BCUT2D eigenvalue weighted by Crippen LogP contribution is 1.39. The number of hydrogen-bond donors (Lipinski definition) is 0. The second kappa shape index (κ2) is 2.55. The molecule has 0 aliphatic rings. The minimum Gasteiger partial charge on any atom is -0.332 e. The van der Waals surface area contributed by atoms with E-state index < -0.39 is 0 Å². The Morgan fingerprint density at radius 2 is 1.80 bits per heavy atom. The molecule has 1 nitrogen and oxygen atoms in total. The Balaban J connectivity index is 3.60. The van der Waals surface area contributed by atoms with Gasteiger partial charge in [-0.05, 0) is 0 Å². The molecule has 6 radical (unpaired) electrons. The lowest BCUT2D eigenvalue weighted by Gasteiger charge is -1.56. The second-order valence-corrected chi connectivity index (χ2v) is 2.10. The highest BCUT2D eigenvalue weighted by Gasteiger charge is 1.73. The first-order valence-corrected chi connectivity index (χ1v) is 2.32. The van der Waals surface area contributed by atoms with E-state index in [0.29, 0.717) is 4.96 Å². The minimum atomic E-state index is 0.605. The van der Waals surface area contributed by atoms with Gasteiger partial charge in [0.15, 0.2) is 25.4 Å². The fraction of sp³-hybridized carbons (Fsp3) is 0. The van der Waals surface area contributed by atoms with Gasteiger partial charge in [-0.15, -0.1) is 0 Å². The van der Waals surface area contributed by atoms with Crippen LogP contribution in [0.3, 0.4) is 0 Å². The Kier molecular flexibility index (Phi) is 2.71. The molecule has 22 valence electrons. The SMILES string of the molecule is [Si]C([Si])=[N+]=[P-]. The average Bonchev–Trinajstić information content (AvgIpc) is 1.38. The van der Waals surface area contributed by atoms with Crippen LogP contribution in [0.25, 0.3) is 0 Å². The Bertz CT molecular complexity index is 69.7. The van der Waals surface area contributed by atoms with Crippen LogP contribution in [-0.4, -0.2) is 25.4 Å². The van der Waals surface area contributed by atoms with E-state index in [1.807, 2.05) is 0 Å². The van der Waals surface area contributed by atoms with Crippen molar-refractivity contribution in [3.63, 3.8) is 0 Å². The van der Waals surface area contributed by atoms with Crippen molar-refractivity contribution in [1.82, 2.24) is 4.42 Å². The van der Waals surface area contributed by atoms with Gasteiger partial charge in [0.25, 0.3) is 0 Å². The van der Waals surface area contributed by atoms with Crippen LogP contribution in [0, 0.1) is 0 Å². The molecule has 0 saturated heterocycles. The van der Waals surface area contributed by atoms with Crippen molar-refractivity contribution < 1.29 is 0 Å². The molecule has 5 heavy (non-hydrogen) atoms. The number of nitrogens with zero attached hydrogens (tertiary/aromatic N) is 1. The van der Waals surface area contributed by atoms with Gasteiger partial charge in [0.2, 0.25) is 0 Å². The van der Waals surface area contributed by atoms with Crippen molar-refractivity contribution in [2.45, 2.75) is 0 Å². The molecule has 0 saturated carbocycles.